The minimum atomic E-state index is -0.0956. The lowest BCUT2D eigenvalue weighted by molar-refractivity contribution is -0.156. The Labute approximate surface area is 144 Å². The number of nitriles is 1. The van der Waals surface area contributed by atoms with E-state index in [2.05, 4.69) is 19.9 Å². The van der Waals surface area contributed by atoms with Gasteiger partial charge in [-0.05, 0) is 60.7 Å². The molecule has 0 unspecified atom stereocenters. The molecule has 0 aromatic rings. The third-order valence-corrected chi connectivity index (χ3v) is 8.26. The number of hydrogen-bond acceptors (Lipinski definition) is 3. The maximum Gasteiger partial charge on any atom is 0.137 e. The number of ketones is 2. The maximum atomic E-state index is 13.3. The number of carbonyl (C=O) groups excluding carboxylic acids is 2. The molecule has 0 N–H and O–H groups in total. The molecule has 24 heavy (non-hydrogen) atoms. The molecule has 4 aliphatic carbocycles. The summed E-state index contributed by atoms with van der Waals surface area (Å²) in [5.74, 6) is 2.34. The molecule has 4 rings (SSSR count). The SMILES string of the molecule is C[C@]12CCC(=O)C[C@H]1CC[C@@H]1[C@@H]2C(=O)C[C@]2(C)/C(=C\C#N)CC[C@@H]12. The second-order valence-corrected chi connectivity index (χ2v) is 9.17. The van der Waals surface area contributed by atoms with E-state index in [0.717, 1.165) is 32.1 Å². The molecule has 0 aromatic carbocycles. The van der Waals surface area contributed by atoms with Crippen molar-refractivity contribution >= 4 is 11.6 Å². The zero-order valence-electron chi connectivity index (χ0n) is 14.8. The van der Waals surface area contributed by atoms with Crippen LogP contribution in [0.4, 0.5) is 0 Å². The molecule has 3 heteroatoms. The number of carbonyl (C=O) groups is 2. The largest absolute Gasteiger partial charge is 0.300 e. The van der Waals surface area contributed by atoms with E-state index in [0.29, 0.717) is 48.6 Å². The molecule has 6 atom stereocenters. The number of nitrogens with zero attached hydrogens (tertiary/aromatic N) is 1. The molecule has 4 aliphatic rings. The van der Waals surface area contributed by atoms with E-state index >= 15 is 0 Å². The Balaban J connectivity index is 1.71. The summed E-state index contributed by atoms with van der Waals surface area (Å²) in [6.07, 6.45) is 8.84. The first kappa shape index (κ1) is 16.1. The number of fused-ring (bicyclic) bond motifs is 5. The van der Waals surface area contributed by atoms with Crippen LogP contribution in [-0.4, -0.2) is 11.6 Å². The predicted octanol–water partition coefficient (Wildman–Crippen LogP) is 4.23. The molecule has 0 amide bonds. The molecule has 0 saturated heterocycles. The summed E-state index contributed by atoms with van der Waals surface area (Å²) >= 11 is 0. The molecular formula is C21H27NO2. The summed E-state index contributed by atoms with van der Waals surface area (Å²) in [6, 6.07) is 2.20. The first-order valence-electron chi connectivity index (χ1n) is 9.53. The summed E-state index contributed by atoms with van der Waals surface area (Å²) < 4.78 is 0. The molecule has 4 fully saturated rings. The topological polar surface area (TPSA) is 57.9 Å². The second-order valence-electron chi connectivity index (χ2n) is 9.17. The van der Waals surface area contributed by atoms with Crippen LogP contribution in [-0.2, 0) is 9.59 Å². The Hall–Kier alpha value is -1.43. The summed E-state index contributed by atoms with van der Waals surface area (Å²) in [5, 5.41) is 9.11. The van der Waals surface area contributed by atoms with Crippen molar-refractivity contribution in [3.05, 3.63) is 11.6 Å². The van der Waals surface area contributed by atoms with E-state index in [1.165, 1.54) is 5.57 Å². The van der Waals surface area contributed by atoms with Crippen molar-refractivity contribution < 1.29 is 9.59 Å². The van der Waals surface area contributed by atoms with Gasteiger partial charge in [0.05, 0.1) is 6.07 Å². The highest BCUT2D eigenvalue weighted by Gasteiger charge is 2.62. The van der Waals surface area contributed by atoms with Crippen LogP contribution in [0, 0.1) is 45.8 Å². The van der Waals surface area contributed by atoms with Gasteiger partial charge in [-0.2, -0.15) is 5.26 Å². The number of allylic oxidation sites excluding steroid dienone is 2. The third kappa shape index (κ3) is 2.01. The fourth-order valence-electron chi connectivity index (χ4n) is 7.02. The summed E-state index contributed by atoms with van der Waals surface area (Å²) in [4.78, 5) is 25.2. The van der Waals surface area contributed by atoms with Crippen molar-refractivity contribution in [2.24, 2.45) is 34.5 Å². The average Bonchev–Trinajstić information content (AvgIpc) is 2.84. The minimum Gasteiger partial charge on any atom is -0.300 e. The van der Waals surface area contributed by atoms with E-state index in [-0.39, 0.29) is 16.7 Å². The standard InChI is InChI=1S/C21H27NO2/c1-20-9-7-15(23)11-14(20)3-5-16-17-6-4-13(8-10-22)21(17,2)12-18(24)19(16)20/h8,14,16-17,19H,3-7,9,11-12H2,1-2H3/b13-8-/t14-,16+,17+,19-,20+,21-/m1/s1. The lowest BCUT2D eigenvalue weighted by atomic mass is 9.45. The molecule has 0 heterocycles. The molecule has 128 valence electrons. The molecule has 0 aromatic heterocycles. The molecule has 0 bridgehead atoms. The lowest BCUT2D eigenvalue weighted by Crippen LogP contribution is -2.56. The van der Waals surface area contributed by atoms with Crippen LogP contribution in [0.2, 0.25) is 0 Å². The van der Waals surface area contributed by atoms with Crippen molar-refractivity contribution in [2.75, 3.05) is 0 Å². The van der Waals surface area contributed by atoms with E-state index < -0.39 is 0 Å². The highest BCUT2D eigenvalue weighted by atomic mass is 16.1. The van der Waals surface area contributed by atoms with E-state index in [1.807, 2.05) is 0 Å². The van der Waals surface area contributed by atoms with Crippen molar-refractivity contribution in [1.82, 2.24) is 0 Å². The first-order valence-corrected chi connectivity index (χ1v) is 9.53. The quantitative estimate of drug-likeness (QED) is 0.626. The highest BCUT2D eigenvalue weighted by Crippen LogP contribution is 2.66. The summed E-state index contributed by atoms with van der Waals surface area (Å²) in [7, 11) is 0. The summed E-state index contributed by atoms with van der Waals surface area (Å²) in [5.41, 5.74) is 1.13. The normalized spacial score (nSPS) is 49.3. The van der Waals surface area contributed by atoms with Gasteiger partial charge in [0.25, 0.3) is 0 Å². The van der Waals surface area contributed by atoms with Crippen LogP contribution < -0.4 is 0 Å². The lowest BCUT2D eigenvalue weighted by Gasteiger charge is -2.58. The number of hydrogen-bond donors (Lipinski definition) is 0. The third-order valence-electron chi connectivity index (χ3n) is 8.26. The van der Waals surface area contributed by atoms with Crippen LogP contribution in [0.5, 0.6) is 0 Å². The predicted molar refractivity (Wildman–Crippen MR) is 90.8 cm³/mol. The van der Waals surface area contributed by atoms with Gasteiger partial charge < -0.3 is 0 Å². The summed E-state index contributed by atoms with van der Waals surface area (Å²) in [6.45, 7) is 4.52. The Morgan fingerprint density at radius 1 is 1.17 bits per heavy atom. The van der Waals surface area contributed by atoms with Crippen LogP contribution in [0.25, 0.3) is 0 Å². The maximum absolute atomic E-state index is 13.3. The van der Waals surface area contributed by atoms with Crippen LogP contribution in [0.15, 0.2) is 11.6 Å². The fraction of sp³-hybridized carbons (Fsp3) is 0.762. The van der Waals surface area contributed by atoms with Crippen molar-refractivity contribution in [2.45, 2.75) is 65.2 Å². The van der Waals surface area contributed by atoms with Gasteiger partial charge in [-0.15, -0.1) is 0 Å². The van der Waals surface area contributed by atoms with Gasteiger partial charge in [0.2, 0.25) is 0 Å². The second kappa shape index (κ2) is 5.28. The van der Waals surface area contributed by atoms with Gasteiger partial charge in [0, 0.05) is 31.3 Å². The monoisotopic (exact) mass is 325 g/mol. The van der Waals surface area contributed by atoms with E-state index in [4.69, 9.17) is 5.26 Å². The molecular weight excluding hydrogens is 298 g/mol. The van der Waals surface area contributed by atoms with Gasteiger partial charge >= 0.3 is 0 Å². The Bertz CT molecular complexity index is 672. The Kier molecular flexibility index (Phi) is 3.53. The van der Waals surface area contributed by atoms with Crippen molar-refractivity contribution in [3.8, 4) is 6.07 Å². The Morgan fingerprint density at radius 3 is 2.71 bits per heavy atom. The van der Waals surface area contributed by atoms with E-state index in [9.17, 15) is 9.59 Å². The number of Topliss-reactive ketones (excluding diaryl/α,β-unsaturated/α-hetero) is 2. The van der Waals surface area contributed by atoms with Gasteiger partial charge in [-0.25, -0.2) is 0 Å². The van der Waals surface area contributed by atoms with Gasteiger partial charge in [0.15, 0.2) is 0 Å². The van der Waals surface area contributed by atoms with E-state index in [1.54, 1.807) is 6.08 Å². The number of rotatable bonds is 0. The molecule has 0 spiro atoms. The van der Waals surface area contributed by atoms with Gasteiger partial charge in [0.1, 0.15) is 11.6 Å². The minimum absolute atomic E-state index is 0.0247. The van der Waals surface area contributed by atoms with Crippen LogP contribution >= 0.6 is 0 Å². The van der Waals surface area contributed by atoms with Crippen molar-refractivity contribution in [1.29, 1.82) is 5.26 Å². The molecule has 0 radical (unpaired) electrons. The van der Waals surface area contributed by atoms with Gasteiger partial charge in [-0.3, -0.25) is 9.59 Å². The average molecular weight is 325 g/mol. The smallest absolute Gasteiger partial charge is 0.137 e. The zero-order chi connectivity index (χ0) is 17.1. The van der Waals surface area contributed by atoms with Crippen molar-refractivity contribution in [3.63, 3.8) is 0 Å². The molecule has 3 nitrogen and oxygen atoms in total. The first-order chi connectivity index (χ1) is 11.4. The zero-order valence-corrected chi connectivity index (χ0v) is 14.8. The highest BCUT2D eigenvalue weighted by molar-refractivity contribution is 5.86. The fourth-order valence-corrected chi connectivity index (χ4v) is 7.02. The van der Waals surface area contributed by atoms with Crippen LogP contribution in [0.3, 0.4) is 0 Å². The Morgan fingerprint density at radius 2 is 1.96 bits per heavy atom. The molecule has 4 saturated carbocycles. The molecule has 0 aliphatic heterocycles. The van der Waals surface area contributed by atoms with Crippen LogP contribution in [0.1, 0.15) is 65.2 Å². The van der Waals surface area contributed by atoms with Gasteiger partial charge in [-0.1, -0.05) is 19.4 Å².